The lowest BCUT2D eigenvalue weighted by molar-refractivity contribution is -0.138. The topological polar surface area (TPSA) is 86.7 Å². The van der Waals surface area contributed by atoms with Gasteiger partial charge in [0.15, 0.2) is 0 Å². The summed E-state index contributed by atoms with van der Waals surface area (Å²) in [5.74, 6) is -1.21. The second kappa shape index (κ2) is 5.51. The maximum absolute atomic E-state index is 11.4. The van der Waals surface area contributed by atoms with Gasteiger partial charge in [-0.3, -0.25) is 19.3 Å². The van der Waals surface area contributed by atoms with Gasteiger partial charge in [-0.1, -0.05) is 12.1 Å². The number of hydrogen-bond donors (Lipinski definition) is 2. The molecule has 2 amide bonds. The van der Waals surface area contributed by atoms with Gasteiger partial charge in [0.05, 0.1) is 13.1 Å². The smallest absolute Gasteiger partial charge is 0.307 e. The maximum atomic E-state index is 11.4. The summed E-state index contributed by atoms with van der Waals surface area (Å²) in [5.41, 5.74) is 1.44. The molecular formula is C13H14N2O4. The molecule has 6 heteroatoms. The lowest BCUT2D eigenvalue weighted by Gasteiger charge is -2.15. The molecule has 0 atom stereocenters. The molecule has 0 saturated carbocycles. The Bertz CT molecular complexity index is 494. The number of likely N-dealkylation sites (tertiary alicyclic amines) is 1. The summed E-state index contributed by atoms with van der Waals surface area (Å²) in [6, 6.07) is 6.85. The molecule has 0 aromatic heterocycles. The van der Waals surface area contributed by atoms with Crippen LogP contribution in [0, 0.1) is 0 Å². The number of carbonyl (C=O) groups excluding carboxylic acids is 2. The zero-order chi connectivity index (χ0) is 13.8. The minimum Gasteiger partial charge on any atom is -0.481 e. The molecule has 6 nitrogen and oxygen atoms in total. The summed E-state index contributed by atoms with van der Waals surface area (Å²) in [4.78, 5) is 34.5. The SMILES string of the molecule is O=C(O)Cc1ccc(NCN2C(=O)CCC2=O)cc1. The van der Waals surface area contributed by atoms with Crippen LogP contribution in [0.4, 0.5) is 5.69 Å². The van der Waals surface area contributed by atoms with Gasteiger partial charge >= 0.3 is 5.97 Å². The van der Waals surface area contributed by atoms with Crippen molar-refractivity contribution in [2.45, 2.75) is 19.3 Å². The first kappa shape index (κ1) is 13.1. The van der Waals surface area contributed by atoms with Crippen molar-refractivity contribution in [3.8, 4) is 0 Å². The molecule has 2 rings (SSSR count). The molecule has 1 aliphatic heterocycles. The zero-order valence-electron chi connectivity index (χ0n) is 10.3. The Hall–Kier alpha value is -2.37. The molecule has 2 N–H and O–H groups in total. The monoisotopic (exact) mass is 262 g/mol. The second-order valence-corrected chi connectivity index (χ2v) is 4.32. The third-order valence-corrected chi connectivity index (χ3v) is 2.91. The predicted octanol–water partition coefficient (Wildman–Crippen LogP) is 0.832. The van der Waals surface area contributed by atoms with Gasteiger partial charge in [-0.2, -0.15) is 0 Å². The van der Waals surface area contributed by atoms with Crippen LogP contribution >= 0.6 is 0 Å². The highest BCUT2D eigenvalue weighted by Crippen LogP contribution is 2.14. The van der Waals surface area contributed by atoms with E-state index in [4.69, 9.17) is 5.11 Å². The molecule has 0 spiro atoms. The van der Waals surface area contributed by atoms with E-state index < -0.39 is 5.97 Å². The number of anilines is 1. The van der Waals surface area contributed by atoms with E-state index in [9.17, 15) is 14.4 Å². The third kappa shape index (κ3) is 3.31. The van der Waals surface area contributed by atoms with Crippen molar-refractivity contribution in [2.75, 3.05) is 12.0 Å². The van der Waals surface area contributed by atoms with Crippen LogP contribution in [0.1, 0.15) is 18.4 Å². The van der Waals surface area contributed by atoms with Crippen LogP contribution in [0.25, 0.3) is 0 Å². The number of aliphatic carboxylic acids is 1. The number of carboxylic acids is 1. The number of rotatable bonds is 5. The van der Waals surface area contributed by atoms with E-state index in [1.807, 2.05) is 0 Å². The number of nitrogens with zero attached hydrogens (tertiary/aromatic N) is 1. The van der Waals surface area contributed by atoms with Crippen LogP contribution in [0.5, 0.6) is 0 Å². The lowest BCUT2D eigenvalue weighted by atomic mass is 10.1. The van der Waals surface area contributed by atoms with Gasteiger partial charge in [-0.25, -0.2) is 0 Å². The quantitative estimate of drug-likeness (QED) is 0.768. The van der Waals surface area contributed by atoms with E-state index in [0.29, 0.717) is 5.56 Å². The van der Waals surface area contributed by atoms with Gasteiger partial charge in [0.1, 0.15) is 0 Å². The third-order valence-electron chi connectivity index (χ3n) is 2.91. The van der Waals surface area contributed by atoms with Crippen molar-refractivity contribution < 1.29 is 19.5 Å². The first-order valence-corrected chi connectivity index (χ1v) is 5.94. The largest absolute Gasteiger partial charge is 0.481 e. The van der Waals surface area contributed by atoms with Gasteiger partial charge in [-0.15, -0.1) is 0 Å². The van der Waals surface area contributed by atoms with Crippen LogP contribution in [-0.2, 0) is 20.8 Å². The highest BCUT2D eigenvalue weighted by atomic mass is 16.4. The fourth-order valence-corrected chi connectivity index (χ4v) is 1.88. The van der Waals surface area contributed by atoms with Crippen molar-refractivity contribution in [1.82, 2.24) is 4.90 Å². The summed E-state index contributed by atoms with van der Waals surface area (Å²) < 4.78 is 0. The zero-order valence-corrected chi connectivity index (χ0v) is 10.3. The van der Waals surface area contributed by atoms with Crippen molar-refractivity contribution in [3.05, 3.63) is 29.8 Å². The Kier molecular flexibility index (Phi) is 3.79. The number of amides is 2. The molecule has 0 radical (unpaired) electrons. The van der Waals surface area contributed by atoms with Crippen molar-refractivity contribution in [1.29, 1.82) is 0 Å². The van der Waals surface area contributed by atoms with Gasteiger partial charge in [0.25, 0.3) is 0 Å². The van der Waals surface area contributed by atoms with Gasteiger partial charge in [0, 0.05) is 18.5 Å². The number of benzene rings is 1. The van der Waals surface area contributed by atoms with Crippen molar-refractivity contribution in [3.63, 3.8) is 0 Å². The van der Waals surface area contributed by atoms with Crippen molar-refractivity contribution >= 4 is 23.5 Å². The first-order chi connectivity index (χ1) is 9.06. The van der Waals surface area contributed by atoms with Gasteiger partial charge in [-0.05, 0) is 17.7 Å². The van der Waals surface area contributed by atoms with E-state index in [2.05, 4.69) is 5.32 Å². The highest BCUT2D eigenvalue weighted by Gasteiger charge is 2.28. The Morgan fingerprint density at radius 3 is 2.26 bits per heavy atom. The number of carbonyl (C=O) groups is 3. The lowest BCUT2D eigenvalue weighted by Crippen LogP contribution is -2.33. The summed E-state index contributed by atoms with van der Waals surface area (Å²) >= 11 is 0. The van der Waals surface area contributed by atoms with Crippen LogP contribution in [0.2, 0.25) is 0 Å². The molecule has 0 unspecified atom stereocenters. The minimum atomic E-state index is -0.881. The first-order valence-electron chi connectivity index (χ1n) is 5.94. The Morgan fingerprint density at radius 1 is 1.16 bits per heavy atom. The second-order valence-electron chi connectivity index (χ2n) is 4.32. The molecule has 0 aliphatic carbocycles. The van der Waals surface area contributed by atoms with E-state index in [-0.39, 0.29) is 37.7 Å². The van der Waals surface area contributed by atoms with Crippen LogP contribution in [0.15, 0.2) is 24.3 Å². The van der Waals surface area contributed by atoms with Crippen molar-refractivity contribution in [2.24, 2.45) is 0 Å². The maximum Gasteiger partial charge on any atom is 0.307 e. The van der Waals surface area contributed by atoms with Crippen LogP contribution in [-0.4, -0.2) is 34.5 Å². The molecule has 100 valence electrons. The van der Waals surface area contributed by atoms with Crippen LogP contribution in [0.3, 0.4) is 0 Å². The number of imide groups is 1. The molecule has 0 bridgehead atoms. The predicted molar refractivity (Wildman–Crippen MR) is 67.4 cm³/mol. The number of carboxylic acid groups (broad SMARTS) is 1. The Balaban J connectivity index is 1.91. The number of nitrogens with one attached hydrogen (secondary N) is 1. The van der Waals surface area contributed by atoms with E-state index in [1.54, 1.807) is 24.3 Å². The van der Waals surface area contributed by atoms with E-state index in [1.165, 1.54) is 4.90 Å². The van der Waals surface area contributed by atoms with Gasteiger partial charge < -0.3 is 10.4 Å². The summed E-state index contributed by atoms with van der Waals surface area (Å²) in [6.07, 6.45) is 0.527. The normalized spacial score (nSPS) is 14.8. The molecule has 1 aromatic carbocycles. The van der Waals surface area contributed by atoms with Crippen LogP contribution < -0.4 is 5.32 Å². The Morgan fingerprint density at radius 2 is 1.74 bits per heavy atom. The molecule has 19 heavy (non-hydrogen) atoms. The molecule has 1 fully saturated rings. The highest BCUT2D eigenvalue weighted by molar-refractivity contribution is 6.02. The molecule has 1 aliphatic rings. The van der Waals surface area contributed by atoms with Gasteiger partial charge in [0.2, 0.25) is 11.8 Å². The standard InChI is InChI=1S/C13H14N2O4/c16-11-5-6-12(17)15(11)8-14-10-3-1-9(2-4-10)7-13(18)19/h1-4,14H,5-8H2,(H,18,19). The average Bonchev–Trinajstić information content (AvgIpc) is 2.68. The average molecular weight is 262 g/mol. The molecule has 1 aromatic rings. The number of hydrogen-bond acceptors (Lipinski definition) is 4. The van der Waals surface area contributed by atoms with E-state index in [0.717, 1.165) is 5.69 Å². The molecule has 1 saturated heterocycles. The fourth-order valence-electron chi connectivity index (χ4n) is 1.88. The summed E-state index contributed by atoms with van der Waals surface area (Å²) in [5, 5.41) is 11.6. The fraction of sp³-hybridized carbons (Fsp3) is 0.308. The summed E-state index contributed by atoms with van der Waals surface area (Å²) in [6.45, 7) is 0.149. The molecular weight excluding hydrogens is 248 g/mol. The Labute approximate surface area is 110 Å². The summed E-state index contributed by atoms with van der Waals surface area (Å²) in [7, 11) is 0. The molecule has 1 heterocycles. The minimum absolute atomic E-state index is 0.0244. The van der Waals surface area contributed by atoms with E-state index >= 15 is 0 Å².